The molecule has 0 aliphatic rings. The molecule has 0 fully saturated rings. The monoisotopic (exact) mass is 247 g/mol. The number of hydrogen-bond donors (Lipinski definition) is 1. The lowest BCUT2D eigenvalue weighted by molar-refractivity contribution is 0.410. The van der Waals surface area contributed by atoms with Gasteiger partial charge in [0.15, 0.2) is 0 Å². The summed E-state index contributed by atoms with van der Waals surface area (Å²) in [6.45, 7) is 6.55. The number of ether oxygens (including phenoxy) is 1. The molecule has 2 nitrogen and oxygen atoms in total. The molecule has 0 radical (unpaired) electrons. The van der Waals surface area contributed by atoms with Gasteiger partial charge in [-0.25, -0.2) is 0 Å². The number of methoxy groups -OCH3 is 1. The van der Waals surface area contributed by atoms with Crippen LogP contribution in [0.4, 0.5) is 0 Å². The van der Waals surface area contributed by atoms with E-state index in [1.54, 1.807) is 7.11 Å². The third-order valence-electron chi connectivity index (χ3n) is 2.90. The summed E-state index contributed by atoms with van der Waals surface area (Å²) in [5.41, 5.74) is 2.66. The minimum atomic E-state index is 0.970. The van der Waals surface area contributed by atoms with Crippen LogP contribution in [-0.4, -0.2) is 20.2 Å². The molecule has 18 heavy (non-hydrogen) atoms. The molecule has 0 aliphatic heterocycles. The fraction of sp³-hybridized carbons (Fsp3) is 0.500. The number of allylic oxidation sites excluding steroid dienone is 1. The van der Waals surface area contributed by atoms with Gasteiger partial charge in [0, 0.05) is 0 Å². The van der Waals surface area contributed by atoms with Gasteiger partial charge in [-0.2, -0.15) is 0 Å². The summed E-state index contributed by atoms with van der Waals surface area (Å²) in [5.74, 6) is 0.981. The van der Waals surface area contributed by atoms with Gasteiger partial charge in [0.1, 0.15) is 5.75 Å². The molecule has 1 rings (SSSR count). The van der Waals surface area contributed by atoms with Crippen LogP contribution in [0, 0.1) is 0 Å². The predicted molar refractivity (Wildman–Crippen MR) is 78.2 cm³/mol. The predicted octanol–water partition coefficient (Wildman–Crippen LogP) is 3.57. The highest BCUT2D eigenvalue weighted by atomic mass is 16.5. The summed E-state index contributed by atoms with van der Waals surface area (Å²) < 4.78 is 5.36. The highest BCUT2D eigenvalue weighted by Gasteiger charge is 2.01. The highest BCUT2D eigenvalue weighted by Crippen LogP contribution is 2.20. The first kappa shape index (κ1) is 14.8. The summed E-state index contributed by atoms with van der Waals surface area (Å²) in [6.07, 6.45) is 5.58. The fourth-order valence-electron chi connectivity index (χ4n) is 1.94. The van der Waals surface area contributed by atoms with Gasteiger partial charge >= 0.3 is 0 Å². The molecule has 0 bridgehead atoms. The second kappa shape index (κ2) is 8.76. The van der Waals surface area contributed by atoms with Gasteiger partial charge in [-0.3, -0.25) is 0 Å². The van der Waals surface area contributed by atoms with E-state index in [4.69, 9.17) is 4.74 Å². The highest BCUT2D eigenvalue weighted by molar-refractivity contribution is 5.35. The molecule has 0 aliphatic carbocycles. The number of rotatable bonds is 8. The zero-order valence-corrected chi connectivity index (χ0v) is 11.8. The molecule has 1 aromatic carbocycles. The Kier molecular flexibility index (Phi) is 7.19. The molecule has 100 valence electrons. The Morgan fingerprint density at radius 3 is 2.78 bits per heavy atom. The first-order valence-corrected chi connectivity index (χ1v) is 6.76. The van der Waals surface area contributed by atoms with Gasteiger partial charge in [0.2, 0.25) is 0 Å². The van der Waals surface area contributed by atoms with Crippen molar-refractivity contribution in [3.8, 4) is 5.75 Å². The SMILES string of the molecule is CCCNCCC=C(C)Cc1ccccc1OC. The maximum atomic E-state index is 5.36. The molecular weight excluding hydrogens is 222 g/mol. The fourth-order valence-corrected chi connectivity index (χ4v) is 1.94. The topological polar surface area (TPSA) is 21.3 Å². The quantitative estimate of drug-likeness (QED) is 0.560. The Labute approximate surface area is 111 Å². The Morgan fingerprint density at radius 1 is 1.28 bits per heavy atom. The van der Waals surface area contributed by atoms with Crippen LogP contribution in [0.2, 0.25) is 0 Å². The van der Waals surface area contributed by atoms with E-state index < -0.39 is 0 Å². The van der Waals surface area contributed by atoms with Gasteiger partial charge < -0.3 is 10.1 Å². The van der Waals surface area contributed by atoms with Crippen LogP contribution in [0.5, 0.6) is 5.75 Å². The Bertz CT molecular complexity index is 371. The van der Waals surface area contributed by atoms with Crippen LogP contribution in [0.3, 0.4) is 0 Å². The second-order valence-electron chi connectivity index (χ2n) is 4.58. The normalized spacial score (nSPS) is 11.6. The van der Waals surface area contributed by atoms with Crippen LogP contribution in [0.25, 0.3) is 0 Å². The summed E-state index contributed by atoms with van der Waals surface area (Å²) in [5, 5.41) is 3.41. The number of hydrogen-bond acceptors (Lipinski definition) is 2. The van der Waals surface area contributed by atoms with Gasteiger partial charge in [-0.05, 0) is 50.9 Å². The summed E-state index contributed by atoms with van der Waals surface area (Å²) >= 11 is 0. The lowest BCUT2D eigenvalue weighted by Crippen LogP contribution is -2.15. The maximum Gasteiger partial charge on any atom is 0.122 e. The van der Waals surface area contributed by atoms with E-state index >= 15 is 0 Å². The van der Waals surface area contributed by atoms with Crippen LogP contribution in [-0.2, 0) is 6.42 Å². The third-order valence-corrected chi connectivity index (χ3v) is 2.90. The van der Waals surface area contributed by atoms with Crippen molar-refractivity contribution in [3.05, 3.63) is 41.5 Å². The lowest BCUT2D eigenvalue weighted by Gasteiger charge is -2.08. The van der Waals surface area contributed by atoms with Crippen molar-refractivity contribution in [1.29, 1.82) is 0 Å². The Morgan fingerprint density at radius 2 is 2.06 bits per heavy atom. The zero-order valence-electron chi connectivity index (χ0n) is 11.8. The minimum absolute atomic E-state index is 0.970. The van der Waals surface area contributed by atoms with E-state index in [1.165, 1.54) is 17.6 Å². The first-order valence-electron chi connectivity index (χ1n) is 6.76. The molecule has 1 aromatic rings. The second-order valence-corrected chi connectivity index (χ2v) is 4.58. The van der Waals surface area contributed by atoms with Crippen LogP contribution < -0.4 is 10.1 Å². The summed E-state index contributed by atoms with van der Waals surface area (Å²) in [7, 11) is 1.73. The minimum Gasteiger partial charge on any atom is -0.496 e. The van der Waals surface area contributed by atoms with E-state index in [-0.39, 0.29) is 0 Å². The maximum absolute atomic E-state index is 5.36. The average Bonchev–Trinajstić information content (AvgIpc) is 2.39. The van der Waals surface area contributed by atoms with Crippen molar-refractivity contribution in [1.82, 2.24) is 5.32 Å². The molecule has 0 atom stereocenters. The summed E-state index contributed by atoms with van der Waals surface area (Å²) in [6, 6.07) is 8.22. The van der Waals surface area contributed by atoms with Crippen LogP contribution >= 0.6 is 0 Å². The van der Waals surface area contributed by atoms with Gasteiger partial charge in [0.05, 0.1) is 7.11 Å². The van der Waals surface area contributed by atoms with Crippen molar-refractivity contribution >= 4 is 0 Å². The number of nitrogens with one attached hydrogen (secondary N) is 1. The van der Waals surface area contributed by atoms with Crippen molar-refractivity contribution < 1.29 is 4.74 Å². The van der Waals surface area contributed by atoms with Crippen LogP contribution in [0.15, 0.2) is 35.9 Å². The van der Waals surface area contributed by atoms with Gasteiger partial charge in [-0.15, -0.1) is 0 Å². The Balaban J connectivity index is 2.43. The van der Waals surface area contributed by atoms with Crippen molar-refractivity contribution in [2.24, 2.45) is 0 Å². The molecule has 0 aromatic heterocycles. The van der Waals surface area contributed by atoms with Crippen molar-refractivity contribution in [2.45, 2.75) is 33.1 Å². The standard InChI is InChI=1S/C16H25NO/c1-4-11-17-12-7-8-14(2)13-15-9-5-6-10-16(15)18-3/h5-6,8-10,17H,4,7,11-13H2,1-3H3. The zero-order chi connectivity index (χ0) is 13.2. The number of benzene rings is 1. The molecule has 2 heteroatoms. The lowest BCUT2D eigenvalue weighted by atomic mass is 10.0. The molecular formula is C16H25NO. The molecule has 0 spiro atoms. The van der Waals surface area contributed by atoms with Gasteiger partial charge in [0.25, 0.3) is 0 Å². The van der Waals surface area contributed by atoms with Crippen molar-refractivity contribution in [3.63, 3.8) is 0 Å². The van der Waals surface area contributed by atoms with E-state index in [0.717, 1.165) is 31.7 Å². The van der Waals surface area contributed by atoms with Crippen LogP contribution in [0.1, 0.15) is 32.3 Å². The van der Waals surface area contributed by atoms with E-state index in [2.05, 4.69) is 37.4 Å². The first-order chi connectivity index (χ1) is 8.77. The smallest absolute Gasteiger partial charge is 0.122 e. The molecule has 0 saturated heterocycles. The van der Waals surface area contributed by atoms with Crippen molar-refractivity contribution in [2.75, 3.05) is 20.2 Å². The molecule has 0 amide bonds. The molecule has 0 heterocycles. The largest absolute Gasteiger partial charge is 0.496 e. The van der Waals surface area contributed by atoms with Gasteiger partial charge in [-0.1, -0.05) is 36.8 Å². The van der Waals surface area contributed by atoms with E-state index in [1.807, 2.05) is 12.1 Å². The summed E-state index contributed by atoms with van der Waals surface area (Å²) in [4.78, 5) is 0. The molecule has 0 unspecified atom stereocenters. The Hall–Kier alpha value is -1.28. The number of para-hydroxylation sites is 1. The molecule has 1 N–H and O–H groups in total. The molecule has 0 saturated carbocycles. The third kappa shape index (κ3) is 5.37. The van der Waals surface area contributed by atoms with E-state index in [9.17, 15) is 0 Å². The average molecular weight is 247 g/mol. The van der Waals surface area contributed by atoms with E-state index in [0.29, 0.717) is 0 Å².